The first kappa shape index (κ1) is 22.8. The van der Waals surface area contributed by atoms with Crippen LogP contribution in [0.2, 0.25) is 0 Å². The molecule has 0 radical (unpaired) electrons. The van der Waals surface area contributed by atoms with Gasteiger partial charge in [0, 0.05) is 34.3 Å². The van der Waals surface area contributed by atoms with Crippen molar-refractivity contribution in [2.24, 2.45) is 4.99 Å². The van der Waals surface area contributed by atoms with Crippen molar-refractivity contribution in [3.63, 3.8) is 0 Å². The standard InChI is InChI=1S/C19H15ClF2IN3O3S/c1-26-16(27)10-15(30-18(26)25-13-4-2-11(23)3-5-13)17(28)24-12-6-8-14(9-7-12)29-19(20,21)22/h2-9,15H,10H2,1H3,(H,24,28). The number of amides is 2. The molecule has 0 spiro atoms. The molecule has 0 saturated carbocycles. The van der Waals surface area contributed by atoms with Gasteiger partial charge in [-0.2, -0.15) is 0 Å². The molecule has 0 aliphatic carbocycles. The third-order valence-corrected chi connectivity index (χ3v) is 6.01. The molecule has 1 atom stereocenters. The molecule has 0 bridgehead atoms. The Labute approximate surface area is 194 Å². The molecule has 30 heavy (non-hydrogen) atoms. The molecule has 2 amide bonds. The molecule has 2 aromatic rings. The molecule has 1 aliphatic rings. The van der Waals surface area contributed by atoms with E-state index < -0.39 is 16.7 Å². The topological polar surface area (TPSA) is 71.0 Å². The van der Waals surface area contributed by atoms with Crippen LogP contribution in [0, 0.1) is 3.57 Å². The number of hydrogen-bond donors (Lipinski definition) is 1. The van der Waals surface area contributed by atoms with Crippen LogP contribution < -0.4 is 10.1 Å². The van der Waals surface area contributed by atoms with Gasteiger partial charge in [-0.05, 0) is 71.1 Å². The van der Waals surface area contributed by atoms with Crippen LogP contribution in [0.25, 0.3) is 0 Å². The van der Waals surface area contributed by atoms with Crippen LogP contribution in [-0.2, 0) is 9.59 Å². The fourth-order valence-corrected chi connectivity index (χ4v) is 4.00. The highest BCUT2D eigenvalue weighted by Gasteiger charge is 2.34. The number of rotatable bonds is 5. The van der Waals surface area contributed by atoms with Crippen molar-refractivity contribution in [3.8, 4) is 5.75 Å². The number of hydrogen-bond acceptors (Lipinski definition) is 5. The molecule has 6 nitrogen and oxygen atoms in total. The van der Waals surface area contributed by atoms with Crippen molar-refractivity contribution in [2.75, 3.05) is 12.4 Å². The number of carbonyl (C=O) groups excluding carboxylic acids is 2. The van der Waals surface area contributed by atoms with E-state index in [9.17, 15) is 18.4 Å². The molecule has 1 heterocycles. The minimum absolute atomic E-state index is 0.0123. The summed E-state index contributed by atoms with van der Waals surface area (Å²) in [7, 11) is 1.61. The lowest BCUT2D eigenvalue weighted by molar-refractivity contribution is -0.128. The van der Waals surface area contributed by atoms with Crippen molar-refractivity contribution in [1.29, 1.82) is 0 Å². The van der Waals surface area contributed by atoms with Crippen LogP contribution in [0.1, 0.15) is 6.42 Å². The van der Waals surface area contributed by atoms with Crippen molar-refractivity contribution in [2.45, 2.75) is 17.2 Å². The second-order valence-electron chi connectivity index (χ2n) is 6.20. The third kappa shape index (κ3) is 6.29. The Balaban J connectivity index is 1.69. The molecule has 1 unspecified atom stereocenters. The van der Waals surface area contributed by atoms with Crippen molar-refractivity contribution >= 4 is 74.3 Å². The number of aliphatic imine (C=N–C) groups is 1. The zero-order valence-corrected chi connectivity index (χ0v) is 19.2. The number of alkyl halides is 3. The minimum atomic E-state index is -3.82. The first-order valence-electron chi connectivity index (χ1n) is 8.55. The SMILES string of the molecule is CN1C(=O)CC(C(=O)Nc2ccc(OC(F)(F)Cl)cc2)SC1=Nc1ccc(I)cc1. The number of anilines is 1. The Kier molecular flexibility index (Phi) is 7.19. The molecule has 3 rings (SSSR count). The van der Waals surface area contributed by atoms with Gasteiger partial charge in [-0.1, -0.05) is 11.8 Å². The molecule has 1 N–H and O–H groups in total. The Hall–Kier alpha value is -1.92. The summed E-state index contributed by atoms with van der Waals surface area (Å²) in [5.41, 5.74) is -2.78. The number of amidine groups is 1. The predicted molar refractivity (Wildman–Crippen MR) is 122 cm³/mol. The van der Waals surface area contributed by atoms with E-state index in [1.165, 1.54) is 40.9 Å². The number of thioether (sulfide) groups is 1. The maximum Gasteiger partial charge on any atom is 0.487 e. The second-order valence-corrected chi connectivity index (χ2v) is 9.05. The largest absolute Gasteiger partial charge is 0.487 e. The van der Waals surface area contributed by atoms with E-state index in [1.54, 1.807) is 7.05 Å². The van der Waals surface area contributed by atoms with Crippen LogP contribution in [0.5, 0.6) is 5.75 Å². The summed E-state index contributed by atoms with van der Waals surface area (Å²) in [5.74, 6) is -0.775. The van der Waals surface area contributed by atoms with Gasteiger partial charge in [0.15, 0.2) is 5.17 Å². The van der Waals surface area contributed by atoms with E-state index in [1.807, 2.05) is 24.3 Å². The summed E-state index contributed by atoms with van der Waals surface area (Å²) < 4.78 is 30.6. The monoisotopic (exact) mass is 565 g/mol. The normalized spacial score (nSPS) is 18.4. The smallest absolute Gasteiger partial charge is 0.420 e. The lowest BCUT2D eigenvalue weighted by Crippen LogP contribution is -2.43. The highest BCUT2D eigenvalue weighted by atomic mass is 127. The maximum atomic E-state index is 12.7. The van der Waals surface area contributed by atoms with E-state index in [0.29, 0.717) is 16.5 Å². The van der Waals surface area contributed by atoms with E-state index >= 15 is 0 Å². The fraction of sp³-hybridized carbons (Fsp3) is 0.211. The van der Waals surface area contributed by atoms with E-state index in [4.69, 9.17) is 11.6 Å². The summed E-state index contributed by atoms with van der Waals surface area (Å²) in [6.45, 7) is 0. The first-order valence-corrected chi connectivity index (χ1v) is 10.9. The zero-order valence-electron chi connectivity index (χ0n) is 15.4. The van der Waals surface area contributed by atoms with Gasteiger partial charge in [-0.25, -0.2) is 4.99 Å². The maximum absolute atomic E-state index is 12.7. The summed E-state index contributed by atoms with van der Waals surface area (Å²) in [5, 5.41) is 2.40. The number of ether oxygens (including phenoxy) is 1. The van der Waals surface area contributed by atoms with Gasteiger partial charge < -0.3 is 10.1 Å². The van der Waals surface area contributed by atoms with Crippen molar-refractivity contribution < 1.29 is 23.1 Å². The van der Waals surface area contributed by atoms with Crippen molar-refractivity contribution in [3.05, 3.63) is 52.1 Å². The number of nitrogens with zero attached hydrogens (tertiary/aromatic N) is 2. The molecule has 1 aliphatic heterocycles. The highest BCUT2D eigenvalue weighted by molar-refractivity contribution is 14.1. The average molecular weight is 566 g/mol. The van der Waals surface area contributed by atoms with E-state index in [0.717, 1.165) is 3.57 Å². The van der Waals surface area contributed by atoms with Gasteiger partial charge in [0.25, 0.3) is 0 Å². The van der Waals surface area contributed by atoms with Crippen LogP contribution in [-0.4, -0.2) is 39.7 Å². The Morgan fingerprint density at radius 1 is 1.27 bits per heavy atom. The second kappa shape index (κ2) is 9.48. The highest BCUT2D eigenvalue weighted by Crippen LogP contribution is 2.30. The number of halogens is 4. The lowest BCUT2D eigenvalue weighted by atomic mass is 10.2. The molecule has 11 heteroatoms. The molecule has 1 saturated heterocycles. The van der Waals surface area contributed by atoms with Crippen LogP contribution in [0.15, 0.2) is 53.5 Å². The summed E-state index contributed by atoms with van der Waals surface area (Å²) in [6, 6.07) is 12.7. The summed E-state index contributed by atoms with van der Waals surface area (Å²) in [6.07, 6.45) is 0.0123. The minimum Gasteiger partial charge on any atom is -0.420 e. The Morgan fingerprint density at radius 3 is 2.50 bits per heavy atom. The van der Waals surface area contributed by atoms with Gasteiger partial charge >= 0.3 is 5.57 Å². The Bertz CT molecular complexity index is 968. The third-order valence-electron chi connectivity index (χ3n) is 3.97. The molecule has 1 fully saturated rings. The lowest BCUT2D eigenvalue weighted by Gasteiger charge is -2.28. The zero-order chi connectivity index (χ0) is 21.9. The van der Waals surface area contributed by atoms with E-state index in [2.05, 4.69) is 37.6 Å². The summed E-state index contributed by atoms with van der Waals surface area (Å²) in [4.78, 5) is 30.9. The van der Waals surface area contributed by atoms with Gasteiger partial charge in [0.2, 0.25) is 11.8 Å². The van der Waals surface area contributed by atoms with Crippen molar-refractivity contribution in [1.82, 2.24) is 4.90 Å². The molecular formula is C19H15ClF2IN3O3S. The van der Waals surface area contributed by atoms with Gasteiger partial charge in [-0.15, -0.1) is 8.78 Å². The first-order chi connectivity index (χ1) is 14.1. The number of nitrogens with one attached hydrogen (secondary N) is 1. The summed E-state index contributed by atoms with van der Waals surface area (Å²) >= 11 is 8.09. The van der Waals surface area contributed by atoms with Gasteiger partial charge in [0.05, 0.1) is 5.69 Å². The van der Waals surface area contributed by atoms with E-state index in [-0.39, 0.29) is 18.1 Å². The average Bonchev–Trinajstić information content (AvgIpc) is 2.67. The van der Waals surface area contributed by atoms with Crippen LogP contribution in [0.4, 0.5) is 20.2 Å². The Morgan fingerprint density at radius 2 is 1.90 bits per heavy atom. The molecule has 0 aromatic heterocycles. The van der Waals surface area contributed by atoms with Gasteiger partial charge in [-0.3, -0.25) is 14.5 Å². The molecular weight excluding hydrogens is 551 g/mol. The fourth-order valence-electron chi connectivity index (χ4n) is 2.49. The number of carbonyl (C=O) groups is 2. The quantitative estimate of drug-likeness (QED) is 0.407. The molecule has 2 aromatic carbocycles. The van der Waals surface area contributed by atoms with Gasteiger partial charge in [0.1, 0.15) is 11.0 Å². The number of benzene rings is 2. The molecule has 158 valence electrons. The van der Waals surface area contributed by atoms with Crippen LogP contribution in [0.3, 0.4) is 0 Å². The van der Waals surface area contributed by atoms with Crippen LogP contribution >= 0.6 is 46.0 Å². The predicted octanol–water partition coefficient (Wildman–Crippen LogP) is 5.05.